The zero-order valence-corrected chi connectivity index (χ0v) is 19.1. The first-order valence-corrected chi connectivity index (χ1v) is 11.3. The number of nitrogens with zero attached hydrogens (tertiary/aromatic N) is 4. The van der Waals surface area contributed by atoms with Crippen molar-refractivity contribution < 1.29 is 9.90 Å². The van der Waals surface area contributed by atoms with E-state index in [2.05, 4.69) is 30.7 Å². The highest BCUT2D eigenvalue weighted by atomic mass is 16.3. The highest BCUT2D eigenvalue weighted by molar-refractivity contribution is 5.73. The fourth-order valence-electron chi connectivity index (χ4n) is 4.66. The molecule has 7 nitrogen and oxygen atoms in total. The number of carbonyl (C=O) groups excluding carboxylic acids is 1. The summed E-state index contributed by atoms with van der Waals surface area (Å²) >= 11 is 0. The molecule has 0 aliphatic carbocycles. The van der Waals surface area contributed by atoms with Crippen LogP contribution < -0.4 is 5.56 Å². The van der Waals surface area contributed by atoms with Gasteiger partial charge in [0.25, 0.3) is 5.56 Å². The van der Waals surface area contributed by atoms with Crippen molar-refractivity contribution in [1.29, 1.82) is 0 Å². The molecule has 0 spiro atoms. The quantitative estimate of drug-likeness (QED) is 0.809. The monoisotopic (exact) mass is 418 g/mol. The van der Waals surface area contributed by atoms with Crippen LogP contribution in [0.3, 0.4) is 0 Å². The number of hydrogen-bond acceptors (Lipinski definition) is 5. The van der Waals surface area contributed by atoms with Gasteiger partial charge < -0.3 is 14.9 Å². The van der Waals surface area contributed by atoms with Crippen LogP contribution in [-0.4, -0.2) is 68.7 Å². The highest BCUT2D eigenvalue weighted by Crippen LogP contribution is 2.26. The Morgan fingerprint density at radius 2 is 1.93 bits per heavy atom. The highest BCUT2D eigenvalue weighted by Gasteiger charge is 2.35. The molecule has 2 aliphatic heterocycles. The average molecular weight is 419 g/mol. The number of amides is 1. The van der Waals surface area contributed by atoms with Crippen molar-refractivity contribution in [3.8, 4) is 0 Å². The van der Waals surface area contributed by atoms with Crippen LogP contribution in [0.2, 0.25) is 0 Å². The summed E-state index contributed by atoms with van der Waals surface area (Å²) in [6.45, 7) is 12.1. The van der Waals surface area contributed by atoms with E-state index >= 15 is 0 Å². The Balaban J connectivity index is 1.54. The molecule has 0 bridgehead atoms. The first-order valence-electron chi connectivity index (χ1n) is 11.3. The molecule has 168 valence electrons. The first kappa shape index (κ1) is 22.9. The molecule has 30 heavy (non-hydrogen) atoms. The van der Waals surface area contributed by atoms with Gasteiger partial charge in [-0.05, 0) is 51.1 Å². The maximum absolute atomic E-state index is 12.5. The summed E-state index contributed by atoms with van der Waals surface area (Å²) in [5, 5.41) is 11.2. The zero-order chi connectivity index (χ0) is 21.9. The topological polar surface area (TPSA) is 78.7 Å². The van der Waals surface area contributed by atoms with Crippen LogP contribution in [0.4, 0.5) is 0 Å². The molecule has 1 unspecified atom stereocenters. The summed E-state index contributed by atoms with van der Waals surface area (Å²) in [4.78, 5) is 32.9. The third-order valence-corrected chi connectivity index (χ3v) is 6.58. The summed E-state index contributed by atoms with van der Waals surface area (Å²) in [5.41, 5.74) is -0.0948. The van der Waals surface area contributed by atoms with Crippen molar-refractivity contribution in [2.45, 2.75) is 77.4 Å². The number of β-amino-alcohol motifs (C(OH)–C–C–N with tert-alkyl or cyclic N) is 1. The Kier molecular flexibility index (Phi) is 7.02. The van der Waals surface area contributed by atoms with Crippen LogP contribution in [0.5, 0.6) is 0 Å². The molecule has 1 atom stereocenters. The van der Waals surface area contributed by atoms with Gasteiger partial charge in [-0.3, -0.25) is 14.2 Å². The molecule has 2 fully saturated rings. The van der Waals surface area contributed by atoms with E-state index in [9.17, 15) is 14.7 Å². The van der Waals surface area contributed by atoms with Crippen LogP contribution >= 0.6 is 0 Å². The fraction of sp³-hybridized carbons (Fsp3) is 0.783. The lowest BCUT2D eigenvalue weighted by Crippen LogP contribution is -2.52. The van der Waals surface area contributed by atoms with Gasteiger partial charge in [0.05, 0.1) is 24.2 Å². The van der Waals surface area contributed by atoms with Crippen molar-refractivity contribution in [3.05, 3.63) is 28.4 Å². The van der Waals surface area contributed by atoms with Gasteiger partial charge in [0.1, 0.15) is 0 Å². The van der Waals surface area contributed by atoms with Gasteiger partial charge in [0, 0.05) is 38.0 Å². The van der Waals surface area contributed by atoms with Crippen LogP contribution in [0.15, 0.2) is 17.2 Å². The van der Waals surface area contributed by atoms with E-state index in [1.807, 2.05) is 0 Å². The Morgan fingerprint density at radius 3 is 2.53 bits per heavy atom. The summed E-state index contributed by atoms with van der Waals surface area (Å²) in [5.74, 6) is 0.490. The molecule has 1 aromatic heterocycles. The lowest BCUT2D eigenvalue weighted by molar-refractivity contribution is -0.132. The molecule has 3 rings (SSSR count). The number of aromatic nitrogens is 2. The Bertz CT molecular complexity index is 792. The Morgan fingerprint density at radius 1 is 1.23 bits per heavy atom. The lowest BCUT2D eigenvalue weighted by atomic mass is 9.92. The minimum Gasteiger partial charge on any atom is -0.387 e. The zero-order valence-electron chi connectivity index (χ0n) is 19.1. The fourth-order valence-corrected chi connectivity index (χ4v) is 4.66. The summed E-state index contributed by atoms with van der Waals surface area (Å²) in [7, 11) is 0. The molecule has 1 N–H and O–H groups in total. The van der Waals surface area contributed by atoms with Gasteiger partial charge in [-0.15, -0.1) is 0 Å². The van der Waals surface area contributed by atoms with E-state index in [0.29, 0.717) is 25.6 Å². The number of hydrogen-bond donors (Lipinski definition) is 1. The molecule has 2 aliphatic rings. The third kappa shape index (κ3) is 5.91. The maximum atomic E-state index is 12.5. The third-order valence-electron chi connectivity index (χ3n) is 6.58. The van der Waals surface area contributed by atoms with Crippen LogP contribution in [0.25, 0.3) is 0 Å². The van der Waals surface area contributed by atoms with Crippen molar-refractivity contribution in [3.63, 3.8) is 0 Å². The standard InChI is InChI=1S/C23H38N4O3/c1-18(28)26-10-6-5-9-23(30,16-26)15-25-11-7-19(8-12-25)14-27-17-24-20(13-21(27)29)22(2,3)4/h13,17,19,30H,5-12,14-16H2,1-4H3. The molecule has 0 saturated carbocycles. The average Bonchev–Trinajstić information content (AvgIpc) is 2.86. The molecule has 1 amide bonds. The number of carbonyl (C=O) groups is 1. The van der Waals surface area contributed by atoms with Crippen LogP contribution in [0.1, 0.15) is 65.5 Å². The van der Waals surface area contributed by atoms with Gasteiger partial charge in [-0.25, -0.2) is 4.98 Å². The van der Waals surface area contributed by atoms with E-state index in [-0.39, 0.29) is 16.9 Å². The molecule has 0 aromatic carbocycles. The smallest absolute Gasteiger partial charge is 0.253 e. The van der Waals surface area contributed by atoms with E-state index < -0.39 is 5.60 Å². The largest absolute Gasteiger partial charge is 0.387 e. The SMILES string of the molecule is CC(=O)N1CCCCC(O)(CN2CCC(Cn3cnc(C(C)(C)C)cc3=O)CC2)C1. The van der Waals surface area contributed by atoms with E-state index in [0.717, 1.165) is 57.4 Å². The molecular formula is C23H38N4O3. The van der Waals surface area contributed by atoms with Gasteiger partial charge in [-0.2, -0.15) is 0 Å². The van der Waals surface area contributed by atoms with Crippen molar-refractivity contribution >= 4 is 5.91 Å². The molecule has 3 heterocycles. The Hall–Kier alpha value is -1.73. The van der Waals surface area contributed by atoms with Gasteiger partial charge in [0.2, 0.25) is 5.91 Å². The van der Waals surface area contributed by atoms with Crippen molar-refractivity contribution in [2.75, 3.05) is 32.7 Å². The lowest BCUT2D eigenvalue weighted by Gasteiger charge is -2.39. The second-order valence-corrected chi connectivity index (χ2v) is 10.4. The predicted molar refractivity (Wildman–Crippen MR) is 117 cm³/mol. The summed E-state index contributed by atoms with van der Waals surface area (Å²) < 4.78 is 1.74. The van der Waals surface area contributed by atoms with E-state index in [4.69, 9.17) is 0 Å². The normalized spacial score (nSPS) is 24.6. The predicted octanol–water partition coefficient (Wildman–Crippen LogP) is 2.02. The number of aliphatic hydroxyl groups is 1. The van der Waals surface area contributed by atoms with Crippen LogP contribution in [-0.2, 0) is 16.8 Å². The minimum absolute atomic E-state index is 0.0226. The number of piperidine rings is 1. The van der Waals surface area contributed by atoms with Gasteiger partial charge in [0.15, 0.2) is 0 Å². The molecule has 0 radical (unpaired) electrons. The molecule has 7 heteroatoms. The van der Waals surface area contributed by atoms with Crippen molar-refractivity contribution in [1.82, 2.24) is 19.4 Å². The molecule has 1 aromatic rings. The number of likely N-dealkylation sites (tertiary alicyclic amines) is 2. The molecular weight excluding hydrogens is 380 g/mol. The summed E-state index contributed by atoms with van der Waals surface area (Å²) in [6, 6.07) is 1.66. The summed E-state index contributed by atoms with van der Waals surface area (Å²) in [6.07, 6.45) is 6.36. The first-order chi connectivity index (χ1) is 14.1. The molecule has 2 saturated heterocycles. The second-order valence-electron chi connectivity index (χ2n) is 10.4. The maximum Gasteiger partial charge on any atom is 0.253 e. The minimum atomic E-state index is -0.821. The van der Waals surface area contributed by atoms with Gasteiger partial charge >= 0.3 is 0 Å². The Labute approximate surface area is 180 Å². The van der Waals surface area contributed by atoms with E-state index in [1.54, 1.807) is 28.8 Å². The van der Waals surface area contributed by atoms with Crippen molar-refractivity contribution in [2.24, 2.45) is 5.92 Å². The number of rotatable bonds is 4. The van der Waals surface area contributed by atoms with Gasteiger partial charge in [-0.1, -0.05) is 20.8 Å². The van der Waals surface area contributed by atoms with Crippen LogP contribution in [0, 0.1) is 5.92 Å². The van der Waals surface area contributed by atoms with E-state index in [1.165, 1.54) is 0 Å². The second kappa shape index (κ2) is 9.18.